The van der Waals surface area contributed by atoms with Crippen LogP contribution >= 0.6 is 0 Å². The molecule has 4 unspecified atom stereocenters. The SMILES string of the molecule is CCC1CN(C(=O)C2C3COCC32)CC1N. The minimum atomic E-state index is 0.184. The van der Waals surface area contributed by atoms with Gasteiger partial charge in [-0.15, -0.1) is 0 Å². The summed E-state index contributed by atoms with van der Waals surface area (Å²) < 4.78 is 5.32. The van der Waals surface area contributed by atoms with Gasteiger partial charge in [0.15, 0.2) is 0 Å². The Morgan fingerprint density at radius 1 is 1.38 bits per heavy atom. The van der Waals surface area contributed by atoms with Gasteiger partial charge in [0, 0.05) is 25.0 Å². The van der Waals surface area contributed by atoms with Crippen molar-refractivity contribution < 1.29 is 9.53 Å². The third-order valence-electron chi connectivity index (χ3n) is 4.57. The van der Waals surface area contributed by atoms with Crippen molar-refractivity contribution in [3.8, 4) is 0 Å². The molecule has 2 aliphatic heterocycles. The zero-order chi connectivity index (χ0) is 11.3. The van der Waals surface area contributed by atoms with Crippen LogP contribution in [0.3, 0.4) is 0 Å². The molecule has 0 spiro atoms. The number of nitrogens with zero attached hydrogens (tertiary/aromatic N) is 1. The van der Waals surface area contributed by atoms with Crippen molar-refractivity contribution in [2.45, 2.75) is 19.4 Å². The summed E-state index contributed by atoms with van der Waals surface area (Å²) in [5.74, 6) is 2.13. The zero-order valence-electron chi connectivity index (χ0n) is 9.76. The molecule has 3 aliphatic rings. The topological polar surface area (TPSA) is 55.6 Å². The van der Waals surface area contributed by atoms with Gasteiger partial charge in [0.25, 0.3) is 0 Å². The highest BCUT2D eigenvalue weighted by molar-refractivity contribution is 5.83. The van der Waals surface area contributed by atoms with E-state index in [1.807, 2.05) is 4.90 Å². The lowest BCUT2D eigenvalue weighted by atomic mass is 10.0. The van der Waals surface area contributed by atoms with Crippen LogP contribution in [0.5, 0.6) is 0 Å². The number of hydrogen-bond acceptors (Lipinski definition) is 3. The molecule has 1 amide bonds. The minimum Gasteiger partial charge on any atom is -0.381 e. The third kappa shape index (κ3) is 1.47. The van der Waals surface area contributed by atoms with Gasteiger partial charge < -0.3 is 15.4 Å². The second-order valence-electron chi connectivity index (χ2n) is 5.47. The third-order valence-corrected chi connectivity index (χ3v) is 4.57. The molecule has 0 aromatic carbocycles. The standard InChI is InChI=1S/C12H20N2O2/c1-2-7-3-14(4-10(7)13)12(15)11-8-5-16-6-9(8)11/h7-11H,2-6,13H2,1H3. The summed E-state index contributed by atoms with van der Waals surface area (Å²) >= 11 is 0. The van der Waals surface area contributed by atoms with Gasteiger partial charge in [-0.3, -0.25) is 4.79 Å². The summed E-state index contributed by atoms with van der Waals surface area (Å²) in [4.78, 5) is 14.2. The normalized spacial score (nSPS) is 45.9. The lowest BCUT2D eigenvalue weighted by molar-refractivity contribution is -0.133. The number of likely N-dealkylation sites (tertiary alicyclic amines) is 1. The van der Waals surface area contributed by atoms with Gasteiger partial charge in [0.2, 0.25) is 5.91 Å². The van der Waals surface area contributed by atoms with Crippen LogP contribution < -0.4 is 5.73 Å². The maximum Gasteiger partial charge on any atom is 0.226 e. The lowest BCUT2D eigenvalue weighted by Crippen LogP contribution is -2.34. The molecule has 4 heteroatoms. The van der Waals surface area contributed by atoms with Gasteiger partial charge in [-0.25, -0.2) is 0 Å². The van der Waals surface area contributed by atoms with E-state index >= 15 is 0 Å². The second kappa shape index (κ2) is 3.70. The van der Waals surface area contributed by atoms with E-state index in [2.05, 4.69) is 6.92 Å². The number of carbonyl (C=O) groups excluding carboxylic acids is 1. The number of carbonyl (C=O) groups is 1. The number of fused-ring (bicyclic) bond motifs is 1. The molecule has 4 nitrogen and oxygen atoms in total. The Hall–Kier alpha value is -0.610. The summed E-state index contributed by atoms with van der Waals surface area (Å²) in [6.07, 6.45) is 1.07. The van der Waals surface area contributed by atoms with Crippen LogP contribution in [0, 0.1) is 23.7 Å². The number of nitrogens with two attached hydrogens (primary N) is 1. The van der Waals surface area contributed by atoms with Crippen LogP contribution in [0.15, 0.2) is 0 Å². The van der Waals surface area contributed by atoms with Crippen LogP contribution in [0.1, 0.15) is 13.3 Å². The van der Waals surface area contributed by atoms with Crippen molar-refractivity contribution in [2.24, 2.45) is 29.4 Å². The molecular formula is C12H20N2O2. The van der Waals surface area contributed by atoms with Gasteiger partial charge in [0.05, 0.1) is 13.2 Å². The zero-order valence-corrected chi connectivity index (χ0v) is 9.76. The van der Waals surface area contributed by atoms with Crippen LogP contribution in [0.4, 0.5) is 0 Å². The van der Waals surface area contributed by atoms with E-state index in [-0.39, 0.29) is 12.0 Å². The van der Waals surface area contributed by atoms with Gasteiger partial charge in [-0.2, -0.15) is 0 Å². The first-order chi connectivity index (χ1) is 7.72. The maximum absolute atomic E-state index is 12.2. The quantitative estimate of drug-likeness (QED) is 0.722. The largest absolute Gasteiger partial charge is 0.381 e. The molecule has 1 aliphatic carbocycles. The number of amides is 1. The highest BCUT2D eigenvalue weighted by Crippen LogP contribution is 2.51. The fourth-order valence-electron chi connectivity index (χ4n) is 3.33. The molecule has 2 saturated heterocycles. The molecule has 90 valence electrons. The molecule has 1 saturated carbocycles. The van der Waals surface area contributed by atoms with E-state index < -0.39 is 0 Å². The Morgan fingerprint density at radius 3 is 2.62 bits per heavy atom. The van der Waals surface area contributed by atoms with Gasteiger partial charge in [-0.05, 0) is 17.8 Å². The van der Waals surface area contributed by atoms with Gasteiger partial charge >= 0.3 is 0 Å². The van der Waals surface area contributed by atoms with Crippen molar-refractivity contribution in [3.63, 3.8) is 0 Å². The summed E-state index contributed by atoms with van der Waals surface area (Å²) in [7, 11) is 0. The summed E-state index contributed by atoms with van der Waals surface area (Å²) in [6.45, 7) is 5.36. The minimum absolute atomic E-state index is 0.184. The van der Waals surface area contributed by atoms with E-state index in [0.29, 0.717) is 23.7 Å². The van der Waals surface area contributed by atoms with Crippen molar-refractivity contribution in [3.05, 3.63) is 0 Å². The highest BCUT2D eigenvalue weighted by atomic mass is 16.5. The van der Waals surface area contributed by atoms with E-state index in [4.69, 9.17) is 10.5 Å². The van der Waals surface area contributed by atoms with Crippen molar-refractivity contribution in [1.82, 2.24) is 4.90 Å². The summed E-state index contributed by atoms with van der Waals surface area (Å²) in [5.41, 5.74) is 6.04. The fourth-order valence-corrected chi connectivity index (χ4v) is 3.33. The van der Waals surface area contributed by atoms with Gasteiger partial charge in [-0.1, -0.05) is 13.3 Å². The first-order valence-electron chi connectivity index (χ1n) is 6.34. The van der Waals surface area contributed by atoms with Crippen molar-refractivity contribution >= 4 is 5.91 Å². The van der Waals surface area contributed by atoms with Crippen molar-refractivity contribution in [2.75, 3.05) is 26.3 Å². The molecule has 0 aromatic rings. The highest BCUT2D eigenvalue weighted by Gasteiger charge is 2.59. The maximum atomic E-state index is 12.2. The number of hydrogen-bond donors (Lipinski definition) is 1. The molecule has 2 N–H and O–H groups in total. The average Bonchev–Trinajstić information content (AvgIpc) is 2.67. The van der Waals surface area contributed by atoms with Gasteiger partial charge in [0.1, 0.15) is 0 Å². The molecule has 2 heterocycles. The van der Waals surface area contributed by atoms with Crippen LogP contribution in [0.25, 0.3) is 0 Å². The first kappa shape index (κ1) is 10.5. The molecule has 0 radical (unpaired) electrons. The van der Waals surface area contributed by atoms with E-state index in [1.54, 1.807) is 0 Å². The molecule has 4 atom stereocenters. The summed E-state index contributed by atoms with van der Waals surface area (Å²) in [5, 5.41) is 0. The monoisotopic (exact) mass is 224 g/mol. The molecule has 3 rings (SSSR count). The Bertz CT molecular complexity index is 297. The Kier molecular flexibility index (Phi) is 2.44. The van der Waals surface area contributed by atoms with E-state index in [0.717, 1.165) is 32.7 Å². The molecule has 0 bridgehead atoms. The van der Waals surface area contributed by atoms with E-state index in [1.165, 1.54) is 0 Å². The van der Waals surface area contributed by atoms with Crippen molar-refractivity contribution in [1.29, 1.82) is 0 Å². The average molecular weight is 224 g/mol. The Labute approximate surface area is 96.1 Å². The Morgan fingerprint density at radius 2 is 2.06 bits per heavy atom. The lowest BCUT2D eigenvalue weighted by Gasteiger charge is -2.17. The van der Waals surface area contributed by atoms with Crippen LogP contribution in [0.2, 0.25) is 0 Å². The second-order valence-corrected chi connectivity index (χ2v) is 5.47. The molecular weight excluding hydrogens is 204 g/mol. The van der Waals surface area contributed by atoms with Crippen LogP contribution in [-0.4, -0.2) is 43.2 Å². The predicted octanol–water partition coefficient (Wildman–Crippen LogP) is 0.0745. The molecule has 3 fully saturated rings. The number of rotatable bonds is 2. The first-order valence-corrected chi connectivity index (χ1v) is 6.34. The molecule has 0 aromatic heterocycles. The number of ether oxygens (including phenoxy) is 1. The van der Waals surface area contributed by atoms with E-state index in [9.17, 15) is 4.79 Å². The fraction of sp³-hybridized carbons (Fsp3) is 0.917. The summed E-state index contributed by atoms with van der Waals surface area (Å²) in [6, 6.07) is 0.184. The Balaban J connectivity index is 1.60. The van der Waals surface area contributed by atoms with Crippen LogP contribution in [-0.2, 0) is 9.53 Å². The smallest absolute Gasteiger partial charge is 0.226 e. The molecule has 16 heavy (non-hydrogen) atoms. The predicted molar refractivity (Wildman–Crippen MR) is 59.6 cm³/mol.